The van der Waals surface area contributed by atoms with Crippen LogP contribution in [-0.4, -0.2) is 35.8 Å². The molecule has 1 atom stereocenters. The summed E-state index contributed by atoms with van der Waals surface area (Å²) in [5.74, 6) is -1.11. The molecule has 0 bridgehead atoms. The summed E-state index contributed by atoms with van der Waals surface area (Å²) in [4.78, 5) is 38.2. The fraction of sp³-hybridized carbons (Fsp3) is 0.385. The van der Waals surface area contributed by atoms with Crippen molar-refractivity contribution in [1.82, 2.24) is 10.3 Å². The zero-order chi connectivity index (χ0) is 14.3. The average molecular weight is 264 g/mol. The number of methoxy groups -OCH3 is 1. The first-order valence-corrected chi connectivity index (χ1v) is 5.83. The van der Waals surface area contributed by atoms with E-state index in [2.05, 4.69) is 15.0 Å². The second kappa shape index (κ2) is 7.25. The molecule has 102 valence electrons. The molecule has 6 heteroatoms. The smallest absolute Gasteiger partial charge is 0.328 e. The minimum atomic E-state index is -0.844. The molecule has 0 aliphatic heterocycles. The van der Waals surface area contributed by atoms with Crippen molar-refractivity contribution in [1.29, 1.82) is 0 Å². The molecule has 6 nitrogen and oxygen atoms in total. The van der Waals surface area contributed by atoms with Crippen LogP contribution < -0.4 is 5.32 Å². The van der Waals surface area contributed by atoms with Crippen LogP contribution in [-0.2, 0) is 14.3 Å². The van der Waals surface area contributed by atoms with Crippen LogP contribution in [0.2, 0.25) is 0 Å². The maximum atomic E-state index is 11.9. The minimum Gasteiger partial charge on any atom is -0.467 e. The first kappa shape index (κ1) is 14.8. The van der Waals surface area contributed by atoms with Crippen LogP contribution in [0.25, 0.3) is 0 Å². The third-order valence-electron chi connectivity index (χ3n) is 2.47. The summed E-state index contributed by atoms with van der Waals surface area (Å²) in [7, 11) is 1.23. The van der Waals surface area contributed by atoms with E-state index in [0.29, 0.717) is 0 Å². The number of hydrogen-bond acceptors (Lipinski definition) is 5. The van der Waals surface area contributed by atoms with Crippen LogP contribution in [0.15, 0.2) is 24.4 Å². The Morgan fingerprint density at radius 2 is 2.11 bits per heavy atom. The van der Waals surface area contributed by atoms with Gasteiger partial charge in [0.1, 0.15) is 17.5 Å². The fourth-order valence-electron chi connectivity index (χ4n) is 1.47. The number of aromatic nitrogens is 1. The summed E-state index contributed by atoms with van der Waals surface area (Å²) >= 11 is 0. The molecule has 1 heterocycles. The third-order valence-corrected chi connectivity index (χ3v) is 2.47. The van der Waals surface area contributed by atoms with Crippen molar-refractivity contribution in [2.75, 3.05) is 7.11 Å². The number of rotatable bonds is 6. The summed E-state index contributed by atoms with van der Waals surface area (Å²) in [5, 5.41) is 2.51. The minimum absolute atomic E-state index is 0.0546. The number of carbonyl (C=O) groups excluding carboxylic acids is 3. The molecular formula is C13H16N2O4. The lowest BCUT2D eigenvalue weighted by Crippen LogP contribution is -2.42. The van der Waals surface area contributed by atoms with Gasteiger partial charge >= 0.3 is 5.97 Å². The van der Waals surface area contributed by atoms with Crippen molar-refractivity contribution in [3.63, 3.8) is 0 Å². The zero-order valence-corrected chi connectivity index (χ0v) is 10.9. The second-order valence-corrected chi connectivity index (χ2v) is 4.00. The first-order valence-electron chi connectivity index (χ1n) is 5.83. The van der Waals surface area contributed by atoms with Crippen LogP contribution in [0.5, 0.6) is 0 Å². The Balaban J connectivity index is 2.69. The molecule has 0 saturated heterocycles. The Labute approximate surface area is 111 Å². The maximum absolute atomic E-state index is 11.9. The van der Waals surface area contributed by atoms with E-state index in [1.807, 2.05) is 0 Å². The number of ether oxygens (including phenoxy) is 1. The molecule has 0 aliphatic carbocycles. The van der Waals surface area contributed by atoms with Crippen LogP contribution >= 0.6 is 0 Å². The van der Waals surface area contributed by atoms with E-state index in [1.165, 1.54) is 26.3 Å². The Kier molecular flexibility index (Phi) is 5.66. The predicted octanol–water partition coefficient (Wildman–Crippen LogP) is 0.722. The van der Waals surface area contributed by atoms with E-state index in [-0.39, 0.29) is 24.3 Å². The lowest BCUT2D eigenvalue weighted by Gasteiger charge is -2.15. The number of nitrogens with one attached hydrogen (secondary N) is 1. The molecule has 1 aromatic heterocycles. The standard InChI is InChI=1S/C13H16N2O4/c1-9(16)6-7-11(13(18)19-2)15-12(17)10-5-3-4-8-14-10/h3-5,8,11H,6-7H2,1-2H3,(H,15,17)/t11-/m0/s1. The van der Waals surface area contributed by atoms with Gasteiger partial charge in [0.05, 0.1) is 7.11 Å². The molecule has 19 heavy (non-hydrogen) atoms. The van der Waals surface area contributed by atoms with E-state index in [9.17, 15) is 14.4 Å². The summed E-state index contributed by atoms with van der Waals surface area (Å²) in [6.07, 6.45) is 1.89. The first-order chi connectivity index (χ1) is 9.04. The van der Waals surface area contributed by atoms with E-state index in [0.717, 1.165) is 0 Å². The zero-order valence-electron chi connectivity index (χ0n) is 10.9. The molecule has 0 spiro atoms. The van der Waals surface area contributed by atoms with Gasteiger partial charge in [-0.15, -0.1) is 0 Å². The molecule has 1 rings (SSSR count). The van der Waals surface area contributed by atoms with E-state index in [4.69, 9.17) is 0 Å². The molecule has 1 N–H and O–H groups in total. The number of ketones is 1. The summed E-state index contributed by atoms with van der Waals surface area (Å²) in [6, 6.07) is 4.05. The highest BCUT2D eigenvalue weighted by molar-refractivity contribution is 5.95. The van der Waals surface area contributed by atoms with Crippen molar-refractivity contribution in [2.24, 2.45) is 0 Å². The highest BCUT2D eigenvalue weighted by atomic mass is 16.5. The second-order valence-electron chi connectivity index (χ2n) is 4.00. The number of Topliss-reactive ketones (excluding diaryl/α,β-unsaturated/α-hetero) is 1. The Morgan fingerprint density at radius 3 is 2.63 bits per heavy atom. The van der Waals surface area contributed by atoms with Gasteiger partial charge in [0.15, 0.2) is 0 Å². The van der Waals surface area contributed by atoms with Crippen LogP contribution in [0.1, 0.15) is 30.3 Å². The van der Waals surface area contributed by atoms with Crippen LogP contribution in [0.3, 0.4) is 0 Å². The summed E-state index contributed by atoms with van der Waals surface area (Å²) < 4.78 is 4.60. The number of hydrogen-bond donors (Lipinski definition) is 1. The number of carbonyl (C=O) groups is 3. The van der Waals surface area contributed by atoms with Crippen molar-refractivity contribution in [3.8, 4) is 0 Å². The molecule has 0 aliphatic rings. The molecule has 0 radical (unpaired) electrons. The van der Waals surface area contributed by atoms with Gasteiger partial charge in [-0.2, -0.15) is 0 Å². The fourth-order valence-corrected chi connectivity index (χ4v) is 1.47. The van der Waals surface area contributed by atoms with Gasteiger partial charge in [-0.25, -0.2) is 4.79 Å². The number of esters is 1. The monoisotopic (exact) mass is 264 g/mol. The molecular weight excluding hydrogens is 248 g/mol. The molecule has 1 aromatic rings. The molecule has 0 fully saturated rings. The average Bonchev–Trinajstić information content (AvgIpc) is 2.43. The molecule has 0 unspecified atom stereocenters. The van der Waals surface area contributed by atoms with Gasteiger partial charge in [0.25, 0.3) is 5.91 Å². The van der Waals surface area contributed by atoms with Crippen LogP contribution in [0, 0.1) is 0 Å². The van der Waals surface area contributed by atoms with E-state index in [1.54, 1.807) is 12.1 Å². The molecule has 0 aromatic carbocycles. The van der Waals surface area contributed by atoms with E-state index < -0.39 is 17.9 Å². The third kappa shape index (κ3) is 4.87. The van der Waals surface area contributed by atoms with Crippen molar-refractivity contribution >= 4 is 17.7 Å². The van der Waals surface area contributed by atoms with E-state index >= 15 is 0 Å². The van der Waals surface area contributed by atoms with Crippen LogP contribution in [0.4, 0.5) is 0 Å². The highest BCUT2D eigenvalue weighted by Gasteiger charge is 2.22. The van der Waals surface area contributed by atoms with Gasteiger partial charge in [-0.05, 0) is 25.5 Å². The largest absolute Gasteiger partial charge is 0.467 e. The lowest BCUT2D eigenvalue weighted by atomic mass is 10.1. The van der Waals surface area contributed by atoms with Gasteiger partial charge in [0.2, 0.25) is 0 Å². The molecule has 1 amide bonds. The highest BCUT2D eigenvalue weighted by Crippen LogP contribution is 2.03. The normalized spacial score (nSPS) is 11.5. The van der Waals surface area contributed by atoms with Gasteiger partial charge < -0.3 is 14.8 Å². The Hall–Kier alpha value is -2.24. The van der Waals surface area contributed by atoms with Gasteiger partial charge in [-0.1, -0.05) is 6.07 Å². The number of pyridine rings is 1. The Bertz CT molecular complexity index is 459. The summed E-state index contributed by atoms with van der Waals surface area (Å²) in [5.41, 5.74) is 0.208. The lowest BCUT2D eigenvalue weighted by molar-refractivity contribution is -0.143. The molecule has 0 saturated carbocycles. The summed E-state index contributed by atoms with van der Waals surface area (Å²) in [6.45, 7) is 1.43. The van der Waals surface area contributed by atoms with Gasteiger partial charge in [-0.3, -0.25) is 9.78 Å². The maximum Gasteiger partial charge on any atom is 0.328 e. The topological polar surface area (TPSA) is 85.4 Å². The number of amides is 1. The SMILES string of the molecule is COC(=O)[C@H](CCC(C)=O)NC(=O)c1ccccn1. The Morgan fingerprint density at radius 1 is 1.37 bits per heavy atom. The van der Waals surface area contributed by atoms with Crippen molar-refractivity contribution in [3.05, 3.63) is 30.1 Å². The van der Waals surface area contributed by atoms with Crippen molar-refractivity contribution < 1.29 is 19.1 Å². The van der Waals surface area contributed by atoms with Crippen molar-refractivity contribution in [2.45, 2.75) is 25.8 Å². The quantitative estimate of drug-likeness (QED) is 0.765. The van der Waals surface area contributed by atoms with Gasteiger partial charge in [0, 0.05) is 12.6 Å². The number of nitrogens with zero attached hydrogens (tertiary/aromatic N) is 1. The predicted molar refractivity (Wildman–Crippen MR) is 67.4 cm³/mol.